The van der Waals surface area contributed by atoms with Crippen LogP contribution in [0, 0.1) is 0 Å². The van der Waals surface area contributed by atoms with Crippen LogP contribution in [0.1, 0.15) is 125 Å². The van der Waals surface area contributed by atoms with E-state index in [1.54, 1.807) is 13.8 Å². The Balaban J connectivity index is 0. The van der Waals surface area contributed by atoms with E-state index in [0.717, 1.165) is 25.7 Å². The summed E-state index contributed by atoms with van der Waals surface area (Å²) in [6, 6.07) is 0. The van der Waals surface area contributed by atoms with Gasteiger partial charge in [0.05, 0.1) is 10.5 Å². The van der Waals surface area contributed by atoms with Crippen molar-refractivity contribution < 1.29 is 14.4 Å². The van der Waals surface area contributed by atoms with Gasteiger partial charge in [0.15, 0.2) is 5.12 Å². The van der Waals surface area contributed by atoms with Crippen molar-refractivity contribution in [2.75, 3.05) is 0 Å². The number of carbonyl (C=O) groups is 3. The molecule has 0 aliphatic carbocycles. The zero-order valence-corrected chi connectivity index (χ0v) is 21.3. The van der Waals surface area contributed by atoms with Crippen molar-refractivity contribution in [1.29, 1.82) is 0 Å². The van der Waals surface area contributed by atoms with Gasteiger partial charge in [0.1, 0.15) is 11.6 Å². The van der Waals surface area contributed by atoms with Crippen molar-refractivity contribution >= 4 is 41.1 Å². The molecule has 3 nitrogen and oxygen atoms in total. The maximum atomic E-state index is 11.3. The standard InChI is InChI=1S/C13H24O2S.C11H22OS/c1-4-5-6-7-8-9-10-13(11(2)14)16-12(3)15;1-3-4-5-6-7-8-9-11(13)10(2)12/h13H,4-10H2,1-3H3;11,13H,3-9H2,1-2H3. The molecule has 0 saturated carbocycles. The van der Waals surface area contributed by atoms with Crippen molar-refractivity contribution in [3.63, 3.8) is 0 Å². The van der Waals surface area contributed by atoms with Gasteiger partial charge in [0.2, 0.25) is 0 Å². The SMILES string of the molecule is CCCCCCCCC(S)C(C)=O.CCCCCCCCC(SC(C)=O)C(C)=O. The van der Waals surface area contributed by atoms with E-state index >= 15 is 0 Å². The van der Waals surface area contributed by atoms with E-state index < -0.39 is 0 Å². The number of thiol groups is 1. The quantitative estimate of drug-likeness (QED) is 0.185. The van der Waals surface area contributed by atoms with Crippen molar-refractivity contribution in [3.8, 4) is 0 Å². The smallest absolute Gasteiger partial charge is 0.186 e. The highest BCUT2D eigenvalue weighted by molar-refractivity contribution is 8.14. The molecule has 172 valence electrons. The average molecular weight is 447 g/mol. The Morgan fingerprint density at radius 2 is 1.07 bits per heavy atom. The third kappa shape index (κ3) is 23.9. The van der Waals surface area contributed by atoms with Gasteiger partial charge in [0.25, 0.3) is 0 Å². The highest BCUT2D eigenvalue weighted by Gasteiger charge is 2.16. The molecule has 0 aromatic heterocycles. The zero-order chi connectivity index (χ0) is 22.5. The van der Waals surface area contributed by atoms with Crippen LogP contribution in [-0.4, -0.2) is 27.2 Å². The third-order valence-corrected chi connectivity index (χ3v) is 6.69. The summed E-state index contributed by atoms with van der Waals surface area (Å²) in [4.78, 5) is 33.0. The molecule has 0 spiro atoms. The lowest BCUT2D eigenvalue weighted by Gasteiger charge is -2.10. The maximum Gasteiger partial charge on any atom is 0.186 e. The first-order valence-electron chi connectivity index (χ1n) is 11.6. The van der Waals surface area contributed by atoms with Crippen LogP contribution < -0.4 is 0 Å². The Labute approximate surface area is 190 Å². The van der Waals surface area contributed by atoms with Crippen molar-refractivity contribution in [2.45, 2.75) is 135 Å². The molecular weight excluding hydrogens is 400 g/mol. The second kappa shape index (κ2) is 22.4. The average Bonchev–Trinajstić information content (AvgIpc) is 2.66. The summed E-state index contributed by atoms with van der Waals surface area (Å²) >= 11 is 5.41. The number of hydrogen-bond donors (Lipinski definition) is 1. The molecule has 29 heavy (non-hydrogen) atoms. The van der Waals surface area contributed by atoms with E-state index in [9.17, 15) is 14.4 Å². The van der Waals surface area contributed by atoms with Gasteiger partial charge in [-0.2, -0.15) is 12.6 Å². The number of thioether (sulfide) groups is 1. The predicted octanol–water partition coefficient (Wildman–Crippen LogP) is 7.60. The van der Waals surface area contributed by atoms with Crippen molar-refractivity contribution in [3.05, 3.63) is 0 Å². The Morgan fingerprint density at radius 1 is 0.655 bits per heavy atom. The van der Waals surface area contributed by atoms with Crippen LogP contribution in [0.4, 0.5) is 0 Å². The summed E-state index contributed by atoms with van der Waals surface area (Å²) < 4.78 is 0. The minimum atomic E-state index is -0.108. The fourth-order valence-corrected chi connectivity index (χ4v) is 4.01. The normalized spacial score (nSPS) is 12.6. The molecule has 0 aromatic carbocycles. The molecular formula is C24H46O3S2. The largest absolute Gasteiger partial charge is 0.299 e. The number of hydrogen-bond acceptors (Lipinski definition) is 5. The van der Waals surface area contributed by atoms with Crippen LogP contribution in [0.15, 0.2) is 0 Å². The summed E-state index contributed by atoms with van der Waals surface area (Å²) in [6.45, 7) is 9.16. The first-order valence-corrected chi connectivity index (χ1v) is 13.0. The molecule has 2 atom stereocenters. The van der Waals surface area contributed by atoms with Crippen LogP contribution in [0.25, 0.3) is 0 Å². The number of unbranched alkanes of at least 4 members (excludes halogenated alkanes) is 10. The number of Topliss-reactive ketones (excluding diaryl/α,β-unsaturated/α-hetero) is 2. The summed E-state index contributed by atoms with van der Waals surface area (Å²) in [5.41, 5.74) is 0. The Bertz CT molecular complexity index is 424. The van der Waals surface area contributed by atoms with Crippen LogP contribution in [0.5, 0.6) is 0 Å². The second-order valence-electron chi connectivity index (χ2n) is 7.95. The van der Waals surface area contributed by atoms with E-state index in [2.05, 4.69) is 26.5 Å². The fourth-order valence-electron chi connectivity index (χ4n) is 2.98. The fraction of sp³-hybridized carbons (Fsp3) is 0.875. The maximum absolute atomic E-state index is 11.3. The van der Waals surface area contributed by atoms with Crippen LogP contribution in [0.3, 0.4) is 0 Å². The zero-order valence-electron chi connectivity index (χ0n) is 19.6. The molecule has 0 fully saturated rings. The lowest BCUT2D eigenvalue weighted by atomic mass is 10.1. The molecule has 0 saturated heterocycles. The van der Waals surface area contributed by atoms with E-state index in [4.69, 9.17) is 0 Å². The molecule has 0 aromatic rings. The van der Waals surface area contributed by atoms with E-state index in [-0.39, 0.29) is 27.2 Å². The first kappa shape index (κ1) is 30.9. The number of rotatable bonds is 17. The molecule has 0 N–H and O–H groups in total. The molecule has 0 amide bonds. The number of carbonyl (C=O) groups excluding carboxylic acids is 3. The minimum Gasteiger partial charge on any atom is -0.299 e. The first-order chi connectivity index (χ1) is 13.8. The Morgan fingerprint density at radius 3 is 1.45 bits per heavy atom. The molecule has 2 unspecified atom stereocenters. The lowest BCUT2D eigenvalue weighted by molar-refractivity contribution is -0.117. The summed E-state index contributed by atoms with van der Waals surface area (Å²) in [6.07, 6.45) is 16.9. The summed E-state index contributed by atoms with van der Waals surface area (Å²) in [7, 11) is 0. The molecule has 0 aliphatic rings. The van der Waals surface area contributed by atoms with Gasteiger partial charge in [-0.1, -0.05) is 103 Å². The Hall–Kier alpha value is -0.290. The van der Waals surface area contributed by atoms with Gasteiger partial charge in [0, 0.05) is 6.92 Å². The molecule has 0 bridgehead atoms. The van der Waals surface area contributed by atoms with Crippen molar-refractivity contribution in [2.24, 2.45) is 0 Å². The highest BCUT2D eigenvalue weighted by Crippen LogP contribution is 2.20. The third-order valence-electron chi connectivity index (χ3n) is 4.88. The van der Waals surface area contributed by atoms with Gasteiger partial charge in [-0.05, 0) is 26.7 Å². The molecule has 0 aliphatic heterocycles. The lowest BCUT2D eigenvalue weighted by Crippen LogP contribution is -2.15. The summed E-state index contributed by atoms with van der Waals surface area (Å²) in [5, 5.41) is -0.0824. The predicted molar refractivity (Wildman–Crippen MR) is 132 cm³/mol. The molecule has 5 heteroatoms. The van der Waals surface area contributed by atoms with Crippen LogP contribution in [0.2, 0.25) is 0 Å². The minimum absolute atomic E-state index is 0.0221. The van der Waals surface area contributed by atoms with E-state index in [0.29, 0.717) is 0 Å². The number of ketones is 2. The summed E-state index contributed by atoms with van der Waals surface area (Å²) in [5.74, 6) is 0.339. The van der Waals surface area contributed by atoms with Gasteiger partial charge in [-0.3, -0.25) is 14.4 Å². The Kier molecular flexibility index (Phi) is 23.9. The molecule has 0 radical (unpaired) electrons. The molecule has 0 heterocycles. The van der Waals surface area contributed by atoms with Crippen LogP contribution >= 0.6 is 24.4 Å². The highest BCUT2D eigenvalue weighted by atomic mass is 32.2. The van der Waals surface area contributed by atoms with Gasteiger partial charge in [-0.15, -0.1) is 0 Å². The van der Waals surface area contributed by atoms with Gasteiger partial charge < -0.3 is 0 Å². The monoisotopic (exact) mass is 446 g/mol. The van der Waals surface area contributed by atoms with E-state index in [1.165, 1.54) is 82.9 Å². The van der Waals surface area contributed by atoms with Gasteiger partial charge >= 0.3 is 0 Å². The van der Waals surface area contributed by atoms with Crippen molar-refractivity contribution in [1.82, 2.24) is 0 Å². The molecule has 0 rings (SSSR count). The van der Waals surface area contributed by atoms with Gasteiger partial charge in [-0.25, -0.2) is 0 Å². The van der Waals surface area contributed by atoms with E-state index in [1.807, 2.05) is 0 Å². The second-order valence-corrected chi connectivity index (χ2v) is 9.95. The van der Waals surface area contributed by atoms with Crippen LogP contribution in [-0.2, 0) is 14.4 Å². The topological polar surface area (TPSA) is 51.2 Å².